The monoisotopic (exact) mass is 319 g/mol. The maximum atomic E-state index is 12.2. The van der Waals surface area contributed by atoms with Crippen molar-refractivity contribution in [1.29, 1.82) is 0 Å². The predicted octanol–water partition coefficient (Wildman–Crippen LogP) is 1.86. The van der Waals surface area contributed by atoms with Crippen molar-refractivity contribution in [3.05, 3.63) is 45.6 Å². The molecule has 0 fully saturated rings. The van der Waals surface area contributed by atoms with Crippen LogP contribution in [0.5, 0.6) is 0 Å². The van der Waals surface area contributed by atoms with E-state index in [0.717, 1.165) is 6.20 Å². The van der Waals surface area contributed by atoms with Crippen LogP contribution in [0.1, 0.15) is 5.69 Å². The summed E-state index contributed by atoms with van der Waals surface area (Å²) in [5, 5.41) is 13.3. The lowest BCUT2D eigenvalue weighted by molar-refractivity contribution is -0.143. The molecule has 6 nitrogen and oxygen atoms in total. The van der Waals surface area contributed by atoms with E-state index in [9.17, 15) is 18.0 Å². The molecule has 0 aliphatic carbocycles. The zero-order valence-corrected chi connectivity index (χ0v) is 11.2. The van der Waals surface area contributed by atoms with Crippen molar-refractivity contribution >= 4 is 17.3 Å². The first-order valence-corrected chi connectivity index (χ1v) is 6.07. The molecule has 0 aromatic carbocycles. The van der Waals surface area contributed by atoms with Gasteiger partial charge in [0.1, 0.15) is 11.6 Å². The second-order valence-corrected chi connectivity index (χ2v) is 4.40. The number of rotatable bonds is 4. The zero-order chi connectivity index (χ0) is 15.5. The van der Waals surface area contributed by atoms with Crippen LogP contribution in [0.3, 0.4) is 0 Å². The van der Waals surface area contributed by atoms with Gasteiger partial charge in [0, 0.05) is 6.20 Å². The summed E-state index contributed by atoms with van der Waals surface area (Å²) >= 11 is 5.75. The fourth-order valence-corrected chi connectivity index (χ4v) is 1.70. The molecule has 0 aliphatic rings. The minimum absolute atomic E-state index is 0.130. The smallest absolute Gasteiger partial charge is 0.377 e. The lowest BCUT2D eigenvalue weighted by atomic mass is 10.3. The Morgan fingerprint density at radius 1 is 1.38 bits per heavy atom. The molecule has 0 unspecified atom stereocenters. The summed E-state index contributed by atoms with van der Waals surface area (Å²) in [6, 6.07) is 3.36. The van der Waals surface area contributed by atoms with Gasteiger partial charge in [-0.05, 0) is 12.1 Å². The molecule has 0 bridgehead atoms. The van der Waals surface area contributed by atoms with Gasteiger partial charge in [0.2, 0.25) is 0 Å². The maximum absolute atomic E-state index is 12.2. The third-order valence-corrected chi connectivity index (χ3v) is 2.77. The van der Waals surface area contributed by atoms with Crippen molar-refractivity contribution in [2.75, 3.05) is 5.32 Å². The largest absolute Gasteiger partial charge is 0.408 e. The third-order valence-electron chi connectivity index (χ3n) is 2.40. The van der Waals surface area contributed by atoms with Gasteiger partial charge in [-0.3, -0.25) is 4.79 Å². The molecule has 2 rings (SSSR count). The van der Waals surface area contributed by atoms with Crippen molar-refractivity contribution in [3.8, 4) is 0 Å². The summed E-state index contributed by atoms with van der Waals surface area (Å²) in [4.78, 5) is 11.7. The van der Waals surface area contributed by atoms with E-state index in [4.69, 9.17) is 11.6 Å². The highest BCUT2D eigenvalue weighted by Crippen LogP contribution is 2.19. The molecule has 0 spiro atoms. The van der Waals surface area contributed by atoms with Crippen LogP contribution in [0, 0.1) is 0 Å². The highest BCUT2D eigenvalue weighted by Gasteiger charge is 2.29. The minimum Gasteiger partial charge on any atom is -0.377 e. The first-order valence-electron chi connectivity index (χ1n) is 5.69. The topological polar surface area (TPSA) is 72.7 Å². The van der Waals surface area contributed by atoms with Crippen LogP contribution in [0.2, 0.25) is 5.02 Å². The Morgan fingerprint density at radius 2 is 2.14 bits per heavy atom. The number of aromatic nitrogens is 4. The quantitative estimate of drug-likeness (QED) is 0.931. The summed E-state index contributed by atoms with van der Waals surface area (Å²) in [6.07, 6.45) is -1.99. The fraction of sp³-hybridized carbons (Fsp3) is 0.273. The van der Waals surface area contributed by atoms with Gasteiger partial charge in [-0.1, -0.05) is 11.6 Å². The van der Waals surface area contributed by atoms with Gasteiger partial charge in [0.15, 0.2) is 0 Å². The van der Waals surface area contributed by atoms with E-state index in [1.807, 2.05) is 0 Å². The van der Waals surface area contributed by atoms with Gasteiger partial charge in [0.25, 0.3) is 5.56 Å². The first-order chi connectivity index (χ1) is 9.87. The van der Waals surface area contributed by atoms with Crippen LogP contribution < -0.4 is 10.9 Å². The summed E-state index contributed by atoms with van der Waals surface area (Å²) in [6.45, 7) is -1.28. The standard InChI is InChI=1S/C11H9ClF3N5O/c12-9-8(16-4-7-2-1-3-17-19-7)5-18-20(10(9)21)6-11(13,14)15/h1-3,5,16H,4,6H2. The average Bonchev–Trinajstić information content (AvgIpc) is 2.43. The molecular formula is C11H9ClF3N5O. The normalized spacial score (nSPS) is 11.4. The summed E-state index contributed by atoms with van der Waals surface area (Å²) in [5.74, 6) is 0. The van der Waals surface area contributed by atoms with Gasteiger partial charge < -0.3 is 5.32 Å². The van der Waals surface area contributed by atoms with Gasteiger partial charge in [-0.25, -0.2) is 4.68 Å². The number of anilines is 1. The van der Waals surface area contributed by atoms with E-state index in [0.29, 0.717) is 5.69 Å². The molecule has 10 heteroatoms. The van der Waals surface area contributed by atoms with Crippen LogP contribution in [-0.2, 0) is 13.1 Å². The zero-order valence-electron chi connectivity index (χ0n) is 10.4. The maximum Gasteiger partial charge on any atom is 0.408 e. The van der Waals surface area contributed by atoms with Gasteiger partial charge >= 0.3 is 6.18 Å². The minimum atomic E-state index is -4.55. The molecular weight excluding hydrogens is 311 g/mol. The van der Waals surface area contributed by atoms with Crippen LogP contribution in [-0.4, -0.2) is 26.2 Å². The second kappa shape index (κ2) is 6.08. The van der Waals surface area contributed by atoms with Crippen LogP contribution in [0.4, 0.5) is 18.9 Å². The molecule has 2 aromatic rings. The predicted molar refractivity (Wildman–Crippen MR) is 68.9 cm³/mol. The van der Waals surface area contributed by atoms with E-state index in [-0.39, 0.29) is 21.9 Å². The highest BCUT2D eigenvalue weighted by molar-refractivity contribution is 6.32. The van der Waals surface area contributed by atoms with E-state index < -0.39 is 18.3 Å². The Morgan fingerprint density at radius 3 is 2.76 bits per heavy atom. The first kappa shape index (κ1) is 15.2. The molecule has 0 radical (unpaired) electrons. The molecule has 0 amide bonds. The number of nitrogens with zero attached hydrogens (tertiary/aromatic N) is 4. The highest BCUT2D eigenvalue weighted by atomic mass is 35.5. The summed E-state index contributed by atoms with van der Waals surface area (Å²) in [7, 11) is 0. The second-order valence-electron chi connectivity index (χ2n) is 4.02. The number of nitrogens with one attached hydrogen (secondary N) is 1. The molecule has 1 N–H and O–H groups in total. The Hall–Kier alpha value is -2.16. The van der Waals surface area contributed by atoms with E-state index in [2.05, 4.69) is 20.6 Å². The molecule has 112 valence electrons. The fourth-order valence-electron chi connectivity index (χ4n) is 1.48. The van der Waals surface area contributed by atoms with Crippen molar-refractivity contribution in [2.45, 2.75) is 19.3 Å². The number of hydrogen-bond acceptors (Lipinski definition) is 5. The molecule has 0 saturated heterocycles. The van der Waals surface area contributed by atoms with Crippen LogP contribution in [0.25, 0.3) is 0 Å². The lowest BCUT2D eigenvalue weighted by Gasteiger charge is -2.11. The molecule has 2 aromatic heterocycles. The van der Waals surface area contributed by atoms with Crippen molar-refractivity contribution in [3.63, 3.8) is 0 Å². The van der Waals surface area contributed by atoms with E-state index >= 15 is 0 Å². The SMILES string of the molecule is O=c1c(Cl)c(NCc2cccnn2)cnn1CC(F)(F)F. The number of alkyl halides is 3. The van der Waals surface area contributed by atoms with Crippen LogP contribution >= 0.6 is 11.6 Å². The number of hydrogen-bond donors (Lipinski definition) is 1. The van der Waals surface area contributed by atoms with E-state index in [1.54, 1.807) is 12.1 Å². The van der Waals surface area contributed by atoms with Crippen LogP contribution in [0.15, 0.2) is 29.3 Å². The molecule has 21 heavy (non-hydrogen) atoms. The Kier molecular flexibility index (Phi) is 4.41. The Labute approximate surface area is 121 Å². The van der Waals surface area contributed by atoms with Gasteiger partial charge in [0.05, 0.1) is 24.1 Å². The Balaban J connectivity index is 2.15. The van der Waals surface area contributed by atoms with E-state index in [1.165, 1.54) is 6.20 Å². The molecule has 2 heterocycles. The van der Waals surface area contributed by atoms with Crippen molar-refractivity contribution in [2.24, 2.45) is 0 Å². The summed E-state index contributed by atoms with van der Waals surface area (Å²) < 4.78 is 37.0. The molecule has 0 atom stereocenters. The Bertz CT molecular complexity index is 674. The number of halogens is 4. The third kappa shape index (κ3) is 4.15. The lowest BCUT2D eigenvalue weighted by Crippen LogP contribution is -2.30. The van der Waals surface area contributed by atoms with Gasteiger partial charge in [-0.15, -0.1) is 0 Å². The average molecular weight is 320 g/mol. The van der Waals surface area contributed by atoms with Crippen molar-refractivity contribution in [1.82, 2.24) is 20.0 Å². The summed E-state index contributed by atoms with van der Waals surface area (Å²) in [5.41, 5.74) is -0.308. The van der Waals surface area contributed by atoms with Gasteiger partial charge in [-0.2, -0.15) is 28.5 Å². The molecule has 0 aliphatic heterocycles. The molecule has 0 saturated carbocycles. The van der Waals surface area contributed by atoms with Crippen molar-refractivity contribution < 1.29 is 13.2 Å².